The Morgan fingerprint density at radius 1 is 0.972 bits per heavy atom. The van der Waals surface area contributed by atoms with Crippen molar-refractivity contribution in [2.45, 2.75) is 18.9 Å². The first-order valence-electron chi connectivity index (χ1n) is 11.1. The van der Waals surface area contributed by atoms with Crippen LogP contribution in [0.4, 0.5) is 11.4 Å². The fourth-order valence-corrected chi connectivity index (χ4v) is 4.22. The molecule has 188 valence electrons. The molecule has 0 bridgehead atoms. The molecule has 0 unspecified atom stereocenters. The largest absolute Gasteiger partial charge is 0.467 e. The average molecular weight is 528 g/mol. The van der Waals surface area contributed by atoms with Crippen LogP contribution in [0.1, 0.15) is 31.8 Å². The van der Waals surface area contributed by atoms with Gasteiger partial charge in [-0.3, -0.25) is 9.59 Å². The number of nitrogen functional groups attached to an aromatic ring is 1. The summed E-state index contributed by atoms with van der Waals surface area (Å²) < 4.78 is 4.87. The van der Waals surface area contributed by atoms with Crippen LogP contribution >= 0.6 is 23.2 Å². The number of hydrogen-bond donors (Lipinski definition) is 2. The summed E-state index contributed by atoms with van der Waals surface area (Å²) in [6.45, 7) is 0. The lowest BCUT2D eigenvalue weighted by molar-refractivity contribution is -0.142. The zero-order chi connectivity index (χ0) is 26.4. The van der Waals surface area contributed by atoms with Gasteiger partial charge in [0.25, 0.3) is 5.91 Å². The van der Waals surface area contributed by atoms with E-state index in [1.807, 2.05) is 25.1 Å². The molecule has 0 saturated carbocycles. The molecule has 0 aliphatic rings. The second-order valence-electron chi connectivity index (χ2n) is 8.43. The van der Waals surface area contributed by atoms with Crippen molar-refractivity contribution >= 4 is 52.2 Å². The third kappa shape index (κ3) is 6.56. The maximum absolute atomic E-state index is 12.9. The zero-order valence-corrected chi connectivity index (χ0v) is 21.7. The van der Waals surface area contributed by atoms with Gasteiger partial charge in [-0.15, -0.1) is 0 Å². The normalized spacial score (nSPS) is 11.5. The number of nitrogens with one attached hydrogen (secondary N) is 1. The lowest BCUT2D eigenvalue weighted by Gasteiger charge is -2.18. The topological polar surface area (TPSA) is 102 Å². The lowest BCUT2D eigenvalue weighted by Crippen LogP contribution is -2.43. The molecule has 0 radical (unpaired) electrons. The number of nitrogens with two attached hydrogens (primary N) is 1. The number of hydrogen-bond acceptors (Lipinski definition) is 6. The highest BCUT2D eigenvalue weighted by Crippen LogP contribution is 2.25. The molecular weight excluding hydrogens is 501 g/mol. The molecule has 0 aliphatic carbocycles. The quantitative estimate of drug-likeness (QED) is 0.240. The van der Waals surface area contributed by atoms with Crippen molar-refractivity contribution in [3.8, 4) is 0 Å². The molecule has 0 heterocycles. The number of esters is 1. The second-order valence-corrected chi connectivity index (χ2v) is 9.25. The molecule has 1 atom stereocenters. The lowest BCUT2D eigenvalue weighted by atomic mass is 9.98. The predicted molar refractivity (Wildman–Crippen MR) is 143 cm³/mol. The zero-order valence-electron chi connectivity index (χ0n) is 20.2. The summed E-state index contributed by atoms with van der Waals surface area (Å²) >= 11 is 12.2. The highest BCUT2D eigenvalue weighted by atomic mass is 35.5. The summed E-state index contributed by atoms with van der Waals surface area (Å²) in [5.41, 5.74) is 9.46. The van der Waals surface area contributed by atoms with Crippen LogP contribution in [-0.4, -0.2) is 44.9 Å². The van der Waals surface area contributed by atoms with E-state index in [9.17, 15) is 14.4 Å². The summed E-state index contributed by atoms with van der Waals surface area (Å²) in [6, 6.07) is 16.3. The predicted octanol–water partition coefficient (Wildman–Crippen LogP) is 4.58. The van der Waals surface area contributed by atoms with Gasteiger partial charge in [0.05, 0.1) is 22.7 Å². The molecule has 3 aromatic carbocycles. The second kappa shape index (κ2) is 11.9. The number of amides is 1. The van der Waals surface area contributed by atoms with E-state index in [-0.39, 0.29) is 34.2 Å². The van der Waals surface area contributed by atoms with E-state index in [1.54, 1.807) is 54.6 Å². The molecule has 0 saturated heterocycles. The van der Waals surface area contributed by atoms with Gasteiger partial charge in [0.2, 0.25) is 0 Å². The maximum Gasteiger partial charge on any atom is 0.328 e. The monoisotopic (exact) mass is 527 g/mol. The third-order valence-corrected chi connectivity index (χ3v) is 6.29. The van der Waals surface area contributed by atoms with Gasteiger partial charge >= 0.3 is 5.97 Å². The fourth-order valence-electron chi connectivity index (χ4n) is 3.65. The van der Waals surface area contributed by atoms with Gasteiger partial charge in [-0.2, -0.15) is 0 Å². The van der Waals surface area contributed by atoms with Crippen LogP contribution in [0.15, 0.2) is 60.7 Å². The molecule has 9 heteroatoms. The van der Waals surface area contributed by atoms with Gasteiger partial charge in [0.15, 0.2) is 5.78 Å². The number of anilines is 2. The van der Waals surface area contributed by atoms with Crippen LogP contribution in [0.25, 0.3) is 0 Å². The van der Waals surface area contributed by atoms with Crippen molar-refractivity contribution in [3.63, 3.8) is 0 Å². The van der Waals surface area contributed by atoms with E-state index in [0.29, 0.717) is 11.3 Å². The highest BCUT2D eigenvalue weighted by Gasteiger charge is 2.25. The van der Waals surface area contributed by atoms with E-state index in [2.05, 4.69) is 5.32 Å². The van der Waals surface area contributed by atoms with Crippen LogP contribution in [0.2, 0.25) is 10.0 Å². The molecule has 0 fully saturated rings. The van der Waals surface area contributed by atoms with Gasteiger partial charge < -0.3 is 20.7 Å². The number of carbonyl (C=O) groups is 3. The van der Waals surface area contributed by atoms with Crippen molar-refractivity contribution in [1.82, 2.24) is 5.32 Å². The molecule has 0 spiro atoms. The number of carbonyl (C=O) groups excluding carboxylic acids is 3. The number of ketones is 1. The van der Waals surface area contributed by atoms with E-state index in [0.717, 1.165) is 16.8 Å². The van der Waals surface area contributed by atoms with Crippen molar-refractivity contribution < 1.29 is 19.1 Å². The van der Waals surface area contributed by atoms with Crippen LogP contribution < -0.4 is 16.0 Å². The van der Waals surface area contributed by atoms with E-state index >= 15 is 0 Å². The minimum atomic E-state index is -0.962. The van der Waals surface area contributed by atoms with Crippen LogP contribution in [0.3, 0.4) is 0 Å². The van der Waals surface area contributed by atoms with E-state index in [4.69, 9.17) is 33.7 Å². The van der Waals surface area contributed by atoms with Crippen LogP contribution in [-0.2, 0) is 22.4 Å². The van der Waals surface area contributed by atoms with Crippen LogP contribution in [0.5, 0.6) is 0 Å². The fraction of sp³-hybridized carbons (Fsp3) is 0.222. The van der Waals surface area contributed by atoms with Gasteiger partial charge in [-0.05, 0) is 41.5 Å². The third-order valence-electron chi connectivity index (χ3n) is 5.66. The first-order chi connectivity index (χ1) is 17.1. The van der Waals surface area contributed by atoms with Crippen molar-refractivity contribution in [2.75, 3.05) is 31.8 Å². The van der Waals surface area contributed by atoms with Crippen LogP contribution in [0, 0.1) is 0 Å². The number of ether oxygens (including phenoxy) is 1. The van der Waals surface area contributed by atoms with Gasteiger partial charge in [0.1, 0.15) is 6.04 Å². The van der Waals surface area contributed by atoms with Gasteiger partial charge in [0, 0.05) is 43.9 Å². The summed E-state index contributed by atoms with van der Waals surface area (Å²) in [4.78, 5) is 39.9. The first kappa shape index (κ1) is 27.0. The molecule has 0 aliphatic heterocycles. The Bertz CT molecular complexity index is 1260. The smallest absolute Gasteiger partial charge is 0.328 e. The number of halogens is 2. The Hall–Kier alpha value is -3.55. The van der Waals surface area contributed by atoms with E-state index in [1.165, 1.54) is 7.11 Å². The number of nitrogens with zero attached hydrogens (tertiary/aromatic N) is 1. The minimum absolute atomic E-state index is 0.0844. The standard InChI is InChI=1S/C27H27Cl2N3O4/c1-32(2)18-11-12-22(30)19(15-18)24(33)14-17-9-7-16(8-10-17)13-23(27(35)36-3)31-26(34)25-20(28)5-4-6-21(25)29/h4-12,15,23H,13-14,30H2,1-3H3,(H,31,34)/t23-/m0/s1. The Labute approximate surface area is 220 Å². The van der Waals surface area contributed by atoms with Gasteiger partial charge in [-0.1, -0.05) is 53.5 Å². The molecule has 3 N–H and O–H groups in total. The molecule has 3 rings (SSSR count). The first-order valence-corrected chi connectivity index (χ1v) is 11.9. The summed E-state index contributed by atoms with van der Waals surface area (Å²) in [6.07, 6.45) is 0.343. The average Bonchev–Trinajstić information content (AvgIpc) is 2.84. The summed E-state index contributed by atoms with van der Waals surface area (Å²) in [5, 5.41) is 3.00. The van der Waals surface area contributed by atoms with E-state index < -0.39 is 17.9 Å². The van der Waals surface area contributed by atoms with Crippen molar-refractivity contribution in [3.05, 3.63) is 93.0 Å². The Kier molecular flexibility index (Phi) is 8.96. The Balaban J connectivity index is 1.72. The molecule has 36 heavy (non-hydrogen) atoms. The highest BCUT2D eigenvalue weighted by molar-refractivity contribution is 6.39. The Morgan fingerprint density at radius 3 is 2.17 bits per heavy atom. The van der Waals surface area contributed by atoms with Crippen molar-refractivity contribution in [2.24, 2.45) is 0 Å². The Morgan fingerprint density at radius 2 is 1.58 bits per heavy atom. The molecule has 0 aromatic heterocycles. The minimum Gasteiger partial charge on any atom is -0.467 e. The number of methoxy groups -OCH3 is 1. The number of Topliss-reactive ketones (excluding diaryl/α,β-unsaturated/α-hetero) is 1. The molecule has 7 nitrogen and oxygen atoms in total. The van der Waals surface area contributed by atoms with Crippen molar-refractivity contribution in [1.29, 1.82) is 0 Å². The number of benzene rings is 3. The van der Waals surface area contributed by atoms with Gasteiger partial charge in [-0.25, -0.2) is 4.79 Å². The molecule has 3 aromatic rings. The molecule has 1 amide bonds. The summed E-state index contributed by atoms with van der Waals surface area (Å²) in [5.74, 6) is -1.29. The molecular formula is C27H27Cl2N3O4. The number of rotatable bonds is 9. The SMILES string of the molecule is COC(=O)[C@H](Cc1ccc(CC(=O)c2cc(N(C)C)ccc2N)cc1)NC(=O)c1c(Cl)cccc1Cl. The maximum atomic E-state index is 12.9. The summed E-state index contributed by atoms with van der Waals surface area (Å²) in [7, 11) is 5.03.